The fourth-order valence-electron chi connectivity index (χ4n) is 4.31. The average molecular weight is 394 g/mol. The minimum Gasteiger partial charge on any atom is -0.481 e. The number of methoxy groups -OCH3 is 1. The zero-order valence-corrected chi connectivity index (χ0v) is 17.5. The molecule has 0 fully saturated rings. The zero-order chi connectivity index (χ0) is 21.0. The van der Waals surface area contributed by atoms with Crippen molar-refractivity contribution in [3.8, 4) is 17.1 Å². The minimum atomic E-state index is 0.0160. The van der Waals surface area contributed by atoms with Gasteiger partial charge in [-0.2, -0.15) is 0 Å². The van der Waals surface area contributed by atoms with Gasteiger partial charge in [-0.25, -0.2) is 4.98 Å². The standard InChI is InChI=1S/C26H22N2O2/c1-14-8-11-20(16(3)12-14)27-21-7-5-6-17-24(21)26(29)18-10-9-15(2)19-13-22(30-4)28-25(17)23(18)19/h5-13,27H,1-4H3. The molecule has 0 spiro atoms. The third-order valence-corrected chi connectivity index (χ3v) is 5.84. The third kappa shape index (κ3) is 2.68. The molecular weight excluding hydrogens is 372 g/mol. The van der Waals surface area contributed by atoms with Gasteiger partial charge in [0.25, 0.3) is 0 Å². The van der Waals surface area contributed by atoms with Crippen LogP contribution in [-0.2, 0) is 0 Å². The van der Waals surface area contributed by atoms with Gasteiger partial charge < -0.3 is 10.1 Å². The molecule has 0 saturated heterocycles. The Balaban J connectivity index is 1.77. The maximum atomic E-state index is 13.6. The Morgan fingerprint density at radius 3 is 2.47 bits per heavy atom. The topological polar surface area (TPSA) is 51.2 Å². The highest BCUT2D eigenvalue weighted by molar-refractivity contribution is 6.27. The average Bonchev–Trinajstić information content (AvgIpc) is 2.74. The molecule has 1 aromatic heterocycles. The number of nitrogens with one attached hydrogen (secondary N) is 1. The van der Waals surface area contributed by atoms with Crippen LogP contribution in [0.2, 0.25) is 0 Å². The van der Waals surface area contributed by atoms with E-state index in [1.807, 2.05) is 43.3 Å². The first-order chi connectivity index (χ1) is 14.5. The van der Waals surface area contributed by atoms with Crippen LogP contribution in [0.5, 0.6) is 5.88 Å². The van der Waals surface area contributed by atoms with Gasteiger partial charge in [-0.3, -0.25) is 4.79 Å². The minimum absolute atomic E-state index is 0.0160. The number of carbonyl (C=O) groups excluding carboxylic acids is 1. The van der Waals surface area contributed by atoms with Crippen molar-refractivity contribution in [2.24, 2.45) is 0 Å². The molecular formula is C26H22N2O2. The van der Waals surface area contributed by atoms with Crippen LogP contribution in [0.3, 0.4) is 0 Å². The molecule has 5 rings (SSSR count). The summed E-state index contributed by atoms with van der Waals surface area (Å²) in [5.41, 5.74) is 8.16. The highest BCUT2D eigenvalue weighted by Gasteiger charge is 2.29. The van der Waals surface area contributed by atoms with Gasteiger partial charge in [0, 0.05) is 28.3 Å². The van der Waals surface area contributed by atoms with Crippen molar-refractivity contribution in [2.45, 2.75) is 20.8 Å². The molecule has 30 heavy (non-hydrogen) atoms. The first kappa shape index (κ1) is 18.4. The van der Waals surface area contributed by atoms with Crippen molar-refractivity contribution in [2.75, 3.05) is 12.4 Å². The van der Waals surface area contributed by atoms with E-state index in [0.29, 0.717) is 17.0 Å². The summed E-state index contributed by atoms with van der Waals surface area (Å²) in [7, 11) is 1.62. The monoisotopic (exact) mass is 394 g/mol. The first-order valence-corrected chi connectivity index (χ1v) is 9.98. The molecule has 3 aromatic carbocycles. The Labute approximate surface area is 175 Å². The number of hydrogen-bond acceptors (Lipinski definition) is 4. The second-order valence-corrected chi connectivity index (χ2v) is 7.87. The van der Waals surface area contributed by atoms with Crippen LogP contribution in [0, 0.1) is 20.8 Å². The number of pyridine rings is 1. The lowest BCUT2D eigenvalue weighted by Crippen LogP contribution is -2.14. The molecule has 1 heterocycles. The molecule has 1 N–H and O–H groups in total. The SMILES string of the molecule is COc1cc2c(C)ccc3c2c(n1)-c1cccc(Nc2ccc(C)cc2C)c1C3=O. The summed E-state index contributed by atoms with van der Waals surface area (Å²) in [6, 6.07) is 17.9. The van der Waals surface area contributed by atoms with Crippen LogP contribution in [0.25, 0.3) is 22.0 Å². The first-order valence-electron chi connectivity index (χ1n) is 9.98. The molecule has 0 amide bonds. The normalized spacial score (nSPS) is 12.1. The van der Waals surface area contributed by atoms with Gasteiger partial charge in [-0.05, 0) is 49.4 Å². The quantitative estimate of drug-likeness (QED) is 0.400. The number of benzene rings is 3. The Bertz CT molecular complexity index is 1360. The van der Waals surface area contributed by atoms with E-state index < -0.39 is 0 Å². The van der Waals surface area contributed by atoms with E-state index in [0.717, 1.165) is 44.5 Å². The van der Waals surface area contributed by atoms with Crippen molar-refractivity contribution in [3.05, 3.63) is 82.4 Å². The summed E-state index contributed by atoms with van der Waals surface area (Å²) in [4.78, 5) is 18.4. The lowest BCUT2D eigenvalue weighted by molar-refractivity contribution is 0.104. The van der Waals surface area contributed by atoms with E-state index in [1.165, 1.54) is 5.56 Å². The molecule has 0 saturated carbocycles. The lowest BCUT2D eigenvalue weighted by atomic mass is 9.83. The highest BCUT2D eigenvalue weighted by Crippen LogP contribution is 2.43. The van der Waals surface area contributed by atoms with Crippen LogP contribution in [-0.4, -0.2) is 17.9 Å². The smallest absolute Gasteiger partial charge is 0.214 e. The van der Waals surface area contributed by atoms with E-state index in [-0.39, 0.29) is 5.78 Å². The van der Waals surface area contributed by atoms with Crippen LogP contribution in [0.1, 0.15) is 32.6 Å². The summed E-state index contributed by atoms with van der Waals surface area (Å²) in [5.74, 6) is 0.563. The molecule has 0 unspecified atom stereocenters. The number of anilines is 2. The lowest BCUT2D eigenvalue weighted by Gasteiger charge is -2.23. The summed E-state index contributed by atoms with van der Waals surface area (Å²) < 4.78 is 5.47. The van der Waals surface area contributed by atoms with E-state index in [1.54, 1.807) is 7.11 Å². The van der Waals surface area contributed by atoms with Crippen molar-refractivity contribution >= 4 is 27.9 Å². The molecule has 0 bridgehead atoms. The van der Waals surface area contributed by atoms with Crippen molar-refractivity contribution in [1.82, 2.24) is 4.98 Å². The van der Waals surface area contributed by atoms with Gasteiger partial charge in [0.05, 0.1) is 24.1 Å². The molecule has 0 atom stereocenters. The summed E-state index contributed by atoms with van der Waals surface area (Å²) >= 11 is 0. The predicted octanol–water partition coefficient (Wildman–Crippen LogP) is 6.12. The summed E-state index contributed by atoms with van der Waals surface area (Å²) in [6.45, 7) is 6.18. The third-order valence-electron chi connectivity index (χ3n) is 5.84. The molecule has 4 nitrogen and oxygen atoms in total. The maximum absolute atomic E-state index is 13.6. The highest BCUT2D eigenvalue weighted by atomic mass is 16.5. The molecule has 0 aliphatic heterocycles. The Kier molecular flexibility index (Phi) is 4.10. The van der Waals surface area contributed by atoms with Gasteiger partial charge >= 0.3 is 0 Å². The zero-order valence-electron chi connectivity index (χ0n) is 17.5. The van der Waals surface area contributed by atoms with Crippen LogP contribution in [0.4, 0.5) is 11.4 Å². The van der Waals surface area contributed by atoms with Gasteiger partial charge in [0.2, 0.25) is 5.88 Å². The molecule has 0 radical (unpaired) electrons. The largest absolute Gasteiger partial charge is 0.481 e. The predicted molar refractivity (Wildman–Crippen MR) is 121 cm³/mol. The number of carbonyl (C=O) groups is 1. The Morgan fingerprint density at radius 2 is 1.70 bits per heavy atom. The number of fused-ring (bicyclic) bond motifs is 2. The van der Waals surface area contributed by atoms with Crippen LogP contribution in [0.15, 0.2) is 54.6 Å². The second-order valence-electron chi connectivity index (χ2n) is 7.87. The van der Waals surface area contributed by atoms with Gasteiger partial charge in [0.15, 0.2) is 5.78 Å². The fraction of sp³-hybridized carbons (Fsp3) is 0.154. The second kappa shape index (κ2) is 6.70. The molecule has 4 heteroatoms. The summed E-state index contributed by atoms with van der Waals surface area (Å²) in [6.07, 6.45) is 0. The number of aryl methyl sites for hydroxylation is 3. The molecule has 4 aromatic rings. The summed E-state index contributed by atoms with van der Waals surface area (Å²) in [5, 5.41) is 5.38. The van der Waals surface area contributed by atoms with Crippen molar-refractivity contribution in [3.63, 3.8) is 0 Å². The number of rotatable bonds is 3. The van der Waals surface area contributed by atoms with E-state index in [2.05, 4.69) is 37.4 Å². The van der Waals surface area contributed by atoms with Gasteiger partial charge in [0.1, 0.15) is 0 Å². The number of ketones is 1. The molecule has 1 aliphatic rings. The van der Waals surface area contributed by atoms with Crippen LogP contribution >= 0.6 is 0 Å². The van der Waals surface area contributed by atoms with E-state index in [9.17, 15) is 4.79 Å². The number of ether oxygens (including phenoxy) is 1. The van der Waals surface area contributed by atoms with Crippen LogP contribution < -0.4 is 10.1 Å². The van der Waals surface area contributed by atoms with Crippen molar-refractivity contribution in [1.29, 1.82) is 0 Å². The Morgan fingerprint density at radius 1 is 0.867 bits per heavy atom. The Hall–Kier alpha value is -3.66. The van der Waals surface area contributed by atoms with E-state index in [4.69, 9.17) is 9.72 Å². The molecule has 148 valence electrons. The maximum Gasteiger partial charge on any atom is 0.214 e. The number of hydrogen-bond donors (Lipinski definition) is 1. The van der Waals surface area contributed by atoms with Gasteiger partial charge in [-0.15, -0.1) is 0 Å². The fourth-order valence-corrected chi connectivity index (χ4v) is 4.31. The van der Waals surface area contributed by atoms with Crippen molar-refractivity contribution < 1.29 is 9.53 Å². The number of aromatic nitrogens is 1. The van der Waals surface area contributed by atoms with Gasteiger partial charge in [-0.1, -0.05) is 42.0 Å². The molecule has 1 aliphatic carbocycles. The van der Waals surface area contributed by atoms with E-state index >= 15 is 0 Å². The number of nitrogens with zero attached hydrogens (tertiary/aromatic N) is 1.